The summed E-state index contributed by atoms with van der Waals surface area (Å²) in [5, 5.41) is 0. The Balaban J connectivity index is 2.09. The van der Waals surface area contributed by atoms with Gasteiger partial charge in [-0.2, -0.15) is 0 Å². The third-order valence-electron chi connectivity index (χ3n) is 4.53. The minimum atomic E-state index is 0.207. The van der Waals surface area contributed by atoms with Crippen LogP contribution in [0.5, 0.6) is 0 Å². The lowest BCUT2D eigenvalue weighted by Gasteiger charge is -2.22. The highest BCUT2D eigenvalue weighted by molar-refractivity contribution is 5.39. The smallest absolute Gasteiger partial charge is 0.0542 e. The predicted molar refractivity (Wildman–Crippen MR) is 101 cm³/mol. The van der Waals surface area contributed by atoms with Crippen LogP contribution in [0, 0.1) is 23.2 Å². The SMILES string of the molecule is C=C/C=C\C=C(\C#CC12CC1CN(C(/C=C\C)=C/C=C)C2)CC. The fourth-order valence-electron chi connectivity index (χ4n) is 3.14. The molecule has 0 bridgehead atoms. The van der Waals surface area contributed by atoms with Crippen molar-refractivity contribution in [3.63, 3.8) is 0 Å². The summed E-state index contributed by atoms with van der Waals surface area (Å²) in [5.41, 5.74) is 2.64. The highest BCUT2D eigenvalue weighted by atomic mass is 15.2. The van der Waals surface area contributed by atoms with Gasteiger partial charge in [-0.15, -0.1) is 0 Å². The lowest BCUT2D eigenvalue weighted by Crippen LogP contribution is -2.23. The Morgan fingerprint density at radius 2 is 2.09 bits per heavy atom. The topological polar surface area (TPSA) is 3.24 Å². The highest BCUT2D eigenvalue weighted by Gasteiger charge is 2.59. The minimum absolute atomic E-state index is 0.207. The number of rotatable bonds is 6. The second-order valence-electron chi connectivity index (χ2n) is 6.18. The number of hydrogen-bond donors (Lipinski definition) is 0. The summed E-state index contributed by atoms with van der Waals surface area (Å²) in [4.78, 5) is 2.44. The van der Waals surface area contributed by atoms with Crippen molar-refractivity contribution in [1.29, 1.82) is 0 Å². The van der Waals surface area contributed by atoms with Crippen molar-refractivity contribution in [3.8, 4) is 11.8 Å². The first-order valence-electron chi connectivity index (χ1n) is 8.41. The number of likely N-dealkylation sites (tertiary alicyclic amines) is 1. The van der Waals surface area contributed by atoms with Crippen molar-refractivity contribution in [1.82, 2.24) is 4.90 Å². The van der Waals surface area contributed by atoms with Crippen molar-refractivity contribution < 1.29 is 0 Å². The van der Waals surface area contributed by atoms with E-state index < -0.39 is 0 Å². The molecule has 2 aliphatic rings. The summed E-state index contributed by atoms with van der Waals surface area (Å²) in [6, 6.07) is 0. The van der Waals surface area contributed by atoms with Gasteiger partial charge in [0, 0.05) is 24.4 Å². The molecule has 1 nitrogen and oxygen atoms in total. The Labute approximate surface area is 141 Å². The maximum absolute atomic E-state index is 3.82. The maximum Gasteiger partial charge on any atom is 0.0542 e. The summed E-state index contributed by atoms with van der Waals surface area (Å²) >= 11 is 0. The van der Waals surface area contributed by atoms with E-state index in [4.69, 9.17) is 0 Å². The van der Waals surface area contributed by atoms with Gasteiger partial charge in [-0.3, -0.25) is 0 Å². The van der Waals surface area contributed by atoms with Gasteiger partial charge in [0.2, 0.25) is 0 Å². The van der Waals surface area contributed by atoms with Gasteiger partial charge in [-0.1, -0.05) is 68.4 Å². The molecule has 1 aliphatic carbocycles. The molecule has 23 heavy (non-hydrogen) atoms. The van der Waals surface area contributed by atoms with Crippen molar-refractivity contribution in [2.24, 2.45) is 11.3 Å². The summed E-state index contributed by atoms with van der Waals surface area (Å²) in [7, 11) is 0. The molecule has 0 radical (unpaired) electrons. The highest BCUT2D eigenvalue weighted by Crippen LogP contribution is 2.58. The average Bonchev–Trinajstić information content (AvgIpc) is 3.11. The Hall–Kier alpha value is -2.20. The molecule has 1 aliphatic heterocycles. The maximum atomic E-state index is 3.82. The van der Waals surface area contributed by atoms with Gasteiger partial charge in [0.05, 0.1) is 5.41 Å². The van der Waals surface area contributed by atoms with Gasteiger partial charge in [0.15, 0.2) is 0 Å². The number of fused-ring (bicyclic) bond motifs is 1. The van der Waals surface area contributed by atoms with Gasteiger partial charge in [-0.05, 0) is 37.8 Å². The molecular formula is C22H27N. The van der Waals surface area contributed by atoms with E-state index in [1.54, 1.807) is 6.08 Å². The Morgan fingerprint density at radius 3 is 2.74 bits per heavy atom. The largest absolute Gasteiger partial charge is 0.370 e. The molecule has 1 heterocycles. The van der Waals surface area contributed by atoms with Gasteiger partial charge in [0.25, 0.3) is 0 Å². The van der Waals surface area contributed by atoms with E-state index in [0.717, 1.165) is 25.4 Å². The fraction of sp³-hybridized carbons (Fsp3) is 0.364. The van der Waals surface area contributed by atoms with Gasteiger partial charge in [0.1, 0.15) is 0 Å². The van der Waals surface area contributed by atoms with Crippen LogP contribution < -0.4 is 0 Å². The van der Waals surface area contributed by atoms with Crippen LogP contribution in [0.3, 0.4) is 0 Å². The minimum Gasteiger partial charge on any atom is -0.370 e. The fourth-order valence-corrected chi connectivity index (χ4v) is 3.14. The summed E-state index contributed by atoms with van der Waals surface area (Å²) in [5.74, 6) is 7.72. The molecule has 1 heteroatoms. The lowest BCUT2D eigenvalue weighted by molar-refractivity contribution is 0.379. The van der Waals surface area contributed by atoms with Crippen molar-refractivity contribution in [2.45, 2.75) is 26.7 Å². The van der Waals surface area contributed by atoms with E-state index in [2.05, 4.69) is 68.1 Å². The second-order valence-corrected chi connectivity index (χ2v) is 6.18. The zero-order valence-electron chi connectivity index (χ0n) is 14.4. The molecule has 0 spiro atoms. The molecule has 2 atom stereocenters. The zero-order valence-corrected chi connectivity index (χ0v) is 14.4. The van der Waals surface area contributed by atoms with Gasteiger partial charge < -0.3 is 4.90 Å². The molecule has 0 aromatic carbocycles. The van der Waals surface area contributed by atoms with Crippen LogP contribution >= 0.6 is 0 Å². The predicted octanol–water partition coefficient (Wildman–Crippen LogP) is 5.04. The van der Waals surface area contributed by atoms with Crippen LogP contribution in [0.4, 0.5) is 0 Å². The van der Waals surface area contributed by atoms with Crippen LogP contribution in [0.25, 0.3) is 0 Å². The monoisotopic (exact) mass is 305 g/mol. The van der Waals surface area contributed by atoms with E-state index in [-0.39, 0.29) is 5.41 Å². The molecule has 0 N–H and O–H groups in total. The Morgan fingerprint density at radius 1 is 1.26 bits per heavy atom. The summed E-state index contributed by atoms with van der Waals surface area (Å²) in [6.07, 6.45) is 18.2. The number of hydrogen-bond acceptors (Lipinski definition) is 1. The molecule has 0 amide bonds. The van der Waals surface area contributed by atoms with Crippen LogP contribution in [0.15, 0.2) is 73.0 Å². The number of nitrogens with zero attached hydrogens (tertiary/aromatic N) is 1. The second kappa shape index (κ2) is 7.88. The first-order chi connectivity index (χ1) is 11.2. The molecule has 2 unspecified atom stereocenters. The van der Waals surface area contributed by atoms with E-state index in [0.29, 0.717) is 0 Å². The summed E-state index contributed by atoms with van der Waals surface area (Å²) in [6.45, 7) is 13.9. The lowest BCUT2D eigenvalue weighted by atomic mass is 10.1. The molecule has 0 aromatic heterocycles. The van der Waals surface area contributed by atoms with Crippen LogP contribution in [0.2, 0.25) is 0 Å². The first-order valence-corrected chi connectivity index (χ1v) is 8.41. The molecule has 1 saturated carbocycles. The van der Waals surface area contributed by atoms with Crippen LogP contribution in [-0.4, -0.2) is 18.0 Å². The summed E-state index contributed by atoms with van der Waals surface area (Å²) < 4.78 is 0. The van der Waals surface area contributed by atoms with Gasteiger partial charge in [-0.25, -0.2) is 0 Å². The number of allylic oxidation sites excluding steroid dienone is 9. The quantitative estimate of drug-likeness (QED) is 0.491. The zero-order chi connectivity index (χ0) is 16.7. The molecular weight excluding hydrogens is 278 g/mol. The van der Waals surface area contributed by atoms with Crippen LogP contribution in [-0.2, 0) is 0 Å². The number of piperidine rings is 1. The van der Waals surface area contributed by atoms with E-state index >= 15 is 0 Å². The van der Waals surface area contributed by atoms with Crippen molar-refractivity contribution in [2.75, 3.05) is 13.1 Å². The Bertz CT molecular complexity index is 633. The van der Waals surface area contributed by atoms with Crippen molar-refractivity contribution >= 4 is 0 Å². The van der Waals surface area contributed by atoms with E-state index in [9.17, 15) is 0 Å². The molecule has 0 aromatic rings. The molecule has 2 rings (SSSR count). The molecule has 120 valence electrons. The van der Waals surface area contributed by atoms with E-state index in [1.165, 1.54) is 17.7 Å². The molecule has 2 fully saturated rings. The normalized spacial score (nSPS) is 27.0. The van der Waals surface area contributed by atoms with E-state index in [1.807, 2.05) is 18.2 Å². The average molecular weight is 305 g/mol. The first kappa shape index (κ1) is 17.2. The third-order valence-corrected chi connectivity index (χ3v) is 4.53. The Kier molecular flexibility index (Phi) is 5.88. The van der Waals surface area contributed by atoms with Crippen LogP contribution in [0.1, 0.15) is 26.7 Å². The van der Waals surface area contributed by atoms with Gasteiger partial charge >= 0.3 is 0 Å². The third kappa shape index (κ3) is 4.17. The van der Waals surface area contributed by atoms with Crippen molar-refractivity contribution in [3.05, 3.63) is 73.0 Å². The molecule has 1 saturated heterocycles. The standard InChI is InChI=1S/C22H27N/c1-5-9-10-13-19(8-4)14-15-22-16-20(22)17-23(18-22)21(11-6-2)12-7-3/h5-7,9-13,20H,1-2,8,16-18H2,3-4H3/b10-9-,12-7-,19-13+,21-11+.